The highest BCUT2D eigenvalue weighted by molar-refractivity contribution is 5.06. The van der Waals surface area contributed by atoms with Gasteiger partial charge in [0.1, 0.15) is 0 Å². The van der Waals surface area contributed by atoms with Crippen LogP contribution >= 0.6 is 0 Å². The third kappa shape index (κ3) is 7.55. The van der Waals surface area contributed by atoms with Crippen molar-refractivity contribution in [2.24, 2.45) is 0 Å². The molecule has 0 fully saturated rings. The van der Waals surface area contributed by atoms with Crippen LogP contribution in [0.2, 0.25) is 0 Å². The molecular weight excluding hydrogens is 148 g/mol. The minimum Gasteiger partial charge on any atom is -0.386 e. The summed E-state index contributed by atoms with van der Waals surface area (Å²) in [6.45, 7) is 7.80. The van der Waals surface area contributed by atoms with E-state index in [1.54, 1.807) is 13.8 Å². The van der Waals surface area contributed by atoms with Crippen LogP contribution in [0.5, 0.6) is 0 Å². The third-order valence-corrected chi connectivity index (χ3v) is 1.52. The summed E-state index contributed by atoms with van der Waals surface area (Å²) in [5, 5.41) is 9.35. The zero-order valence-corrected chi connectivity index (χ0v) is 8.59. The Labute approximate surface area is 75.8 Å². The van der Waals surface area contributed by atoms with Crippen LogP contribution in [0.15, 0.2) is 23.8 Å². The molecule has 0 atom stereocenters. The van der Waals surface area contributed by atoms with Crippen LogP contribution in [0, 0.1) is 0 Å². The minimum absolute atomic E-state index is 0.674. The van der Waals surface area contributed by atoms with E-state index in [1.807, 2.05) is 12.2 Å². The lowest BCUT2D eigenvalue weighted by atomic mass is 10.1. The van der Waals surface area contributed by atoms with Crippen molar-refractivity contribution >= 4 is 0 Å². The Bertz CT molecular complexity index is 170. The van der Waals surface area contributed by atoms with Gasteiger partial charge in [-0.25, -0.2) is 0 Å². The van der Waals surface area contributed by atoms with Gasteiger partial charge in [-0.15, -0.1) is 0 Å². The summed E-state index contributed by atoms with van der Waals surface area (Å²) < 4.78 is 0. The Morgan fingerprint density at radius 3 is 2.42 bits per heavy atom. The van der Waals surface area contributed by atoms with Gasteiger partial charge in [-0.3, -0.25) is 0 Å². The molecule has 1 heteroatoms. The number of hydrogen-bond acceptors (Lipinski definition) is 1. The van der Waals surface area contributed by atoms with E-state index in [1.165, 1.54) is 5.57 Å². The van der Waals surface area contributed by atoms with Crippen LogP contribution in [0.1, 0.15) is 40.5 Å². The smallest absolute Gasteiger partial charge is 0.0771 e. The van der Waals surface area contributed by atoms with Gasteiger partial charge in [0.2, 0.25) is 0 Å². The van der Waals surface area contributed by atoms with E-state index in [2.05, 4.69) is 19.9 Å². The zero-order chi connectivity index (χ0) is 9.61. The molecule has 0 spiro atoms. The standard InChI is InChI=1S/C11H20O/c1-5-7-10(2)8-6-9-11(3,4)12/h6-7,9,12H,5,8H2,1-4H3/b9-6+,10-7+. The van der Waals surface area contributed by atoms with E-state index >= 15 is 0 Å². The van der Waals surface area contributed by atoms with Gasteiger partial charge < -0.3 is 5.11 Å². The second kappa shape index (κ2) is 5.15. The molecule has 0 aromatic heterocycles. The molecule has 0 saturated carbocycles. The monoisotopic (exact) mass is 168 g/mol. The molecule has 1 nitrogen and oxygen atoms in total. The number of allylic oxidation sites excluding steroid dienone is 3. The van der Waals surface area contributed by atoms with E-state index in [4.69, 9.17) is 0 Å². The molecule has 0 aromatic carbocycles. The SMILES string of the molecule is CC/C=C(\C)C/C=C/C(C)(C)O. The highest BCUT2D eigenvalue weighted by atomic mass is 16.3. The highest BCUT2D eigenvalue weighted by Crippen LogP contribution is 2.07. The van der Waals surface area contributed by atoms with Crippen molar-refractivity contribution in [3.05, 3.63) is 23.8 Å². The van der Waals surface area contributed by atoms with Gasteiger partial charge in [0.15, 0.2) is 0 Å². The van der Waals surface area contributed by atoms with E-state index in [9.17, 15) is 5.11 Å². The number of hydrogen-bond donors (Lipinski definition) is 1. The maximum atomic E-state index is 9.35. The lowest BCUT2D eigenvalue weighted by molar-refractivity contribution is 0.133. The fourth-order valence-corrected chi connectivity index (χ4v) is 0.965. The fraction of sp³-hybridized carbons (Fsp3) is 0.636. The Kier molecular flexibility index (Phi) is 4.91. The average Bonchev–Trinajstić information content (AvgIpc) is 1.84. The summed E-state index contributed by atoms with van der Waals surface area (Å²) in [6.07, 6.45) is 8.08. The van der Waals surface area contributed by atoms with Gasteiger partial charge in [0.05, 0.1) is 5.60 Å². The summed E-state index contributed by atoms with van der Waals surface area (Å²) in [5.41, 5.74) is 0.685. The van der Waals surface area contributed by atoms with Crippen LogP contribution in [0.25, 0.3) is 0 Å². The molecule has 0 unspecified atom stereocenters. The van der Waals surface area contributed by atoms with Gasteiger partial charge in [0, 0.05) is 0 Å². The van der Waals surface area contributed by atoms with Crippen molar-refractivity contribution < 1.29 is 5.11 Å². The third-order valence-electron chi connectivity index (χ3n) is 1.52. The van der Waals surface area contributed by atoms with Crippen molar-refractivity contribution in [3.8, 4) is 0 Å². The minimum atomic E-state index is -0.674. The second-order valence-electron chi connectivity index (χ2n) is 3.72. The number of aliphatic hydroxyl groups is 1. The van der Waals surface area contributed by atoms with E-state index in [-0.39, 0.29) is 0 Å². The maximum absolute atomic E-state index is 9.35. The Hall–Kier alpha value is -0.560. The molecule has 0 radical (unpaired) electrons. The van der Waals surface area contributed by atoms with Crippen LogP contribution in [-0.2, 0) is 0 Å². The quantitative estimate of drug-likeness (QED) is 0.640. The van der Waals surface area contributed by atoms with Gasteiger partial charge in [-0.1, -0.05) is 30.7 Å². The predicted octanol–water partition coefficient (Wildman–Crippen LogP) is 3.06. The van der Waals surface area contributed by atoms with E-state index < -0.39 is 5.60 Å². The molecule has 1 N–H and O–H groups in total. The highest BCUT2D eigenvalue weighted by Gasteiger charge is 2.04. The predicted molar refractivity (Wildman–Crippen MR) is 54.1 cm³/mol. The summed E-state index contributed by atoms with van der Waals surface area (Å²) in [6, 6.07) is 0. The Balaban J connectivity index is 3.83. The first kappa shape index (κ1) is 11.4. The molecule has 0 saturated heterocycles. The Morgan fingerprint density at radius 2 is 2.00 bits per heavy atom. The van der Waals surface area contributed by atoms with Gasteiger partial charge in [0.25, 0.3) is 0 Å². The van der Waals surface area contributed by atoms with Crippen LogP contribution in [0.4, 0.5) is 0 Å². The Morgan fingerprint density at radius 1 is 1.42 bits per heavy atom. The lowest BCUT2D eigenvalue weighted by Gasteiger charge is -2.09. The number of rotatable bonds is 4. The first-order valence-corrected chi connectivity index (χ1v) is 4.51. The summed E-state index contributed by atoms with van der Waals surface area (Å²) >= 11 is 0. The van der Waals surface area contributed by atoms with E-state index in [0.29, 0.717) is 0 Å². The summed E-state index contributed by atoms with van der Waals surface area (Å²) in [7, 11) is 0. The molecule has 12 heavy (non-hydrogen) atoms. The van der Waals surface area contributed by atoms with Crippen molar-refractivity contribution in [1.82, 2.24) is 0 Å². The molecule has 0 aromatic rings. The van der Waals surface area contributed by atoms with Crippen molar-refractivity contribution in [3.63, 3.8) is 0 Å². The van der Waals surface area contributed by atoms with Gasteiger partial charge >= 0.3 is 0 Å². The lowest BCUT2D eigenvalue weighted by Crippen LogP contribution is -2.13. The topological polar surface area (TPSA) is 20.2 Å². The second-order valence-corrected chi connectivity index (χ2v) is 3.72. The van der Waals surface area contributed by atoms with E-state index in [0.717, 1.165) is 12.8 Å². The van der Waals surface area contributed by atoms with Gasteiger partial charge in [-0.05, 0) is 33.6 Å². The molecule has 0 amide bonds. The molecule has 0 aliphatic carbocycles. The molecule has 70 valence electrons. The maximum Gasteiger partial charge on any atom is 0.0771 e. The van der Waals surface area contributed by atoms with Crippen molar-refractivity contribution in [2.75, 3.05) is 0 Å². The zero-order valence-electron chi connectivity index (χ0n) is 8.59. The average molecular weight is 168 g/mol. The van der Waals surface area contributed by atoms with Crippen LogP contribution in [-0.4, -0.2) is 10.7 Å². The molecule has 0 aliphatic rings. The summed E-state index contributed by atoms with van der Waals surface area (Å²) in [4.78, 5) is 0. The molecule has 0 bridgehead atoms. The first-order chi connectivity index (χ1) is 5.45. The van der Waals surface area contributed by atoms with Crippen LogP contribution in [0.3, 0.4) is 0 Å². The largest absolute Gasteiger partial charge is 0.386 e. The normalized spacial score (nSPS) is 14.2. The molecular formula is C11H20O. The molecule has 0 heterocycles. The molecule has 0 rings (SSSR count). The van der Waals surface area contributed by atoms with Crippen LogP contribution < -0.4 is 0 Å². The molecule has 0 aliphatic heterocycles. The van der Waals surface area contributed by atoms with Crippen molar-refractivity contribution in [2.45, 2.75) is 46.1 Å². The van der Waals surface area contributed by atoms with Crippen molar-refractivity contribution in [1.29, 1.82) is 0 Å². The van der Waals surface area contributed by atoms with Gasteiger partial charge in [-0.2, -0.15) is 0 Å². The summed E-state index contributed by atoms with van der Waals surface area (Å²) in [5.74, 6) is 0. The fourth-order valence-electron chi connectivity index (χ4n) is 0.965. The first-order valence-electron chi connectivity index (χ1n) is 4.51.